The van der Waals surface area contributed by atoms with Crippen molar-refractivity contribution in [3.63, 3.8) is 0 Å². The second-order valence-corrected chi connectivity index (χ2v) is 11.4. The Morgan fingerprint density at radius 1 is 1.13 bits per heavy atom. The summed E-state index contributed by atoms with van der Waals surface area (Å²) in [7, 11) is -3.46. The van der Waals surface area contributed by atoms with Gasteiger partial charge in [0.1, 0.15) is 4.21 Å². The molecule has 0 bridgehead atoms. The molecule has 7 nitrogen and oxygen atoms in total. The number of hydrogen-bond acceptors (Lipinski definition) is 6. The average molecular weight is 464 g/mol. The van der Waals surface area contributed by atoms with Gasteiger partial charge in [-0.1, -0.05) is 25.3 Å². The van der Waals surface area contributed by atoms with Crippen molar-refractivity contribution in [2.75, 3.05) is 25.0 Å². The normalized spacial score (nSPS) is 19.2. The molecule has 2 fully saturated rings. The zero-order valence-electron chi connectivity index (χ0n) is 17.5. The third kappa shape index (κ3) is 5.45. The van der Waals surface area contributed by atoms with Crippen molar-refractivity contribution in [3.05, 3.63) is 35.8 Å². The highest BCUT2D eigenvalue weighted by Crippen LogP contribution is 2.29. The van der Waals surface area contributed by atoms with E-state index in [4.69, 9.17) is 4.74 Å². The number of sulfonamides is 1. The van der Waals surface area contributed by atoms with Gasteiger partial charge >= 0.3 is 0 Å². The molecule has 2 aromatic heterocycles. The van der Waals surface area contributed by atoms with Gasteiger partial charge < -0.3 is 10.1 Å². The Morgan fingerprint density at radius 3 is 2.61 bits per heavy atom. The van der Waals surface area contributed by atoms with Gasteiger partial charge in [-0.15, -0.1) is 11.3 Å². The van der Waals surface area contributed by atoms with Crippen LogP contribution in [0.25, 0.3) is 0 Å². The molecule has 0 aromatic carbocycles. The minimum Gasteiger partial charge on any atom is -0.489 e. The predicted molar refractivity (Wildman–Crippen MR) is 121 cm³/mol. The molecule has 1 aliphatic carbocycles. The SMILES string of the molecule is O=C(Nc1ncccc1OCC1CCCCC1)C1CCN(S(=O)(=O)c2cccs2)CC1. The molecule has 2 aliphatic rings. The third-order valence-electron chi connectivity index (χ3n) is 6.13. The van der Waals surface area contributed by atoms with E-state index in [9.17, 15) is 13.2 Å². The molecule has 0 radical (unpaired) electrons. The maximum atomic E-state index is 12.8. The Bertz CT molecular complexity index is 964. The van der Waals surface area contributed by atoms with E-state index in [1.807, 2.05) is 6.07 Å². The van der Waals surface area contributed by atoms with E-state index in [1.165, 1.54) is 47.7 Å². The number of piperidine rings is 1. The monoisotopic (exact) mass is 463 g/mol. The summed E-state index contributed by atoms with van der Waals surface area (Å²) in [4.78, 5) is 17.1. The number of hydrogen-bond donors (Lipinski definition) is 1. The van der Waals surface area contributed by atoms with E-state index >= 15 is 0 Å². The van der Waals surface area contributed by atoms with Crippen LogP contribution in [0, 0.1) is 11.8 Å². The molecule has 1 aliphatic heterocycles. The molecule has 168 valence electrons. The number of amides is 1. The van der Waals surface area contributed by atoms with Crippen LogP contribution in [0.2, 0.25) is 0 Å². The number of aromatic nitrogens is 1. The first-order valence-corrected chi connectivity index (χ1v) is 13.3. The molecule has 1 amide bonds. The highest BCUT2D eigenvalue weighted by atomic mass is 32.2. The summed E-state index contributed by atoms with van der Waals surface area (Å²) < 4.78 is 33.2. The zero-order chi connectivity index (χ0) is 21.7. The van der Waals surface area contributed by atoms with E-state index in [2.05, 4.69) is 10.3 Å². The van der Waals surface area contributed by atoms with Crippen LogP contribution in [-0.4, -0.2) is 43.3 Å². The fourth-order valence-electron chi connectivity index (χ4n) is 4.28. The molecule has 9 heteroatoms. The van der Waals surface area contributed by atoms with Gasteiger partial charge in [-0.05, 0) is 55.2 Å². The van der Waals surface area contributed by atoms with Crippen LogP contribution in [-0.2, 0) is 14.8 Å². The number of thiophene rings is 1. The minimum absolute atomic E-state index is 0.130. The maximum absolute atomic E-state index is 12.8. The lowest BCUT2D eigenvalue weighted by molar-refractivity contribution is -0.120. The van der Waals surface area contributed by atoms with Gasteiger partial charge in [0.2, 0.25) is 5.91 Å². The number of nitrogens with one attached hydrogen (secondary N) is 1. The van der Waals surface area contributed by atoms with Crippen LogP contribution in [0.15, 0.2) is 40.1 Å². The fourth-order valence-corrected chi connectivity index (χ4v) is 6.89. The second-order valence-electron chi connectivity index (χ2n) is 8.26. The van der Waals surface area contributed by atoms with E-state index in [0.717, 1.165) is 0 Å². The minimum atomic E-state index is -3.46. The van der Waals surface area contributed by atoms with Gasteiger partial charge in [-0.3, -0.25) is 4.79 Å². The summed E-state index contributed by atoms with van der Waals surface area (Å²) in [6, 6.07) is 6.99. The molecule has 2 aromatic rings. The van der Waals surface area contributed by atoms with Gasteiger partial charge in [0.25, 0.3) is 10.0 Å². The van der Waals surface area contributed by atoms with Crippen molar-refractivity contribution in [2.45, 2.75) is 49.2 Å². The van der Waals surface area contributed by atoms with E-state index in [1.54, 1.807) is 29.8 Å². The van der Waals surface area contributed by atoms with Crippen LogP contribution < -0.4 is 10.1 Å². The third-order valence-corrected chi connectivity index (χ3v) is 9.40. The highest BCUT2D eigenvalue weighted by Gasteiger charge is 2.33. The molecule has 3 heterocycles. The summed E-state index contributed by atoms with van der Waals surface area (Å²) in [6.07, 6.45) is 8.81. The van der Waals surface area contributed by atoms with Gasteiger partial charge in [0.05, 0.1) is 6.61 Å². The smallest absolute Gasteiger partial charge is 0.252 e. The Balaban J connectivity index is 1.32. The largest absolute Gasteiger partial charge is 0.489 e. The molecular weight excluding hydrogens is 434 g/mol. The second kappa shape index (κ2) is 10.1. The first-order valence-electron chi connectivity index (χ1n) is 11.0. The van der Waals surface area contributed by atoms with Gasteiger partial charge in [0.15, 0.2) is 11.6 Å². The number of nitrogens with zero attached hydrogens (tertiary/aromatic N) is 2. The van der Waals surface area contributed by atoms with E-state index in [-0.39, 0.29) is 11.8 Å². The number of carbonyl (C=O) groups excluding carboxylic acids is 1. The van der Waals surface area contributed by atoms with Crippen LogP contribution in [0.5, 0.6) is 5.75 Å². The first-order chi connectivity index (χ1) is 15.0. The summed E-state index contributed by atoms with van der Waals surface area (Å²) >= 11 is 1.22. The van der Waals surface area contributed by atoms with Gasteiger partial charge in [-0.2, -0.15) is 4.31 Å². The summed E-state index contributed by atoms with van der Waals surface area (Å²) in [5, 5.41) is 4.67. The Labute approximate surface area is 187 Å². The molecule has 1 N–H and O–H groups in total. The molecule has 1 saturated heterocycles. The van der Waals surface area contributed by atoms with Crippen molar-refractivity contribution in [1.29, 1.82) is 0 Å². The lowest BCUT2D eigenvalue weighted by Gasteiger charge is -2.30. The van der Waals surface area contributed by atoms with Crippen molar-refractivity contribution in [3.8, 4) is 5.75 Å². The summed E-state index contributed by atoms with van der Waals surface area (Å²) in [6.45, 7) is 1.32. The fraction of sp³-hybridized carbons (Fsp3) is 0.545. The quantitative estimate of drug-likeness (QED) is 0.667. The van der Waals surface area contributed by atoms with Crippen LogP contribution in [0.3, 0.4) is 0 Å². The van der Waals surface area contributed by atoms with Crippen LogP contribution in [0.4, 0.5) is 5.82 Å². The van der Waals surface area contributed by atoms with Crippen LogP contribution in [0.1, 0.15) is 44.9 Å². The Morgan fingerprint density at radius 2 is 1.90 bits per heavy atom. The molecule has 31 heavy (non-hydrogen) atoms. The zero-order valence-corrected chi connectivity index (χ0v) is 19.2. The first kappa shape index (κ1) is 22.2. The lowest BCUT2D eigenvalue weighted by Crippen LogP contribution is -2.41. The standard InChI is InChI=1S/C22H29N3O4S2/c26-22(18-10-13-25(14-11-18)31(27,28)20-9-5-15-30-20)24-21-19(8-4-12-23-21)29-16-17-6-2-1-3-7-17/h4-5,8-9,12,15,17-18H,1-3,6-7,10-11,13-14,16H2,(H,23,24,26). The number of ether oxygens (including phenoxy) is 1. The van der Waals surface area contributed by atoms with Crippen LogP contribution >= 0.6 is 11.3 Å². The summed E-state index contributed by atoms with van der Waals surface area (Å²) in [5.74, 6) is 1.22. The topological polar surface area (TPSA) is 88.6 Å². The molecular formula is C22H29N3O4S2. The van der Waals surface area contributed by atoms with Crippen molar-refractivity contribution >= 4 is 33.1 Å². The summed E-state index contributed by atoms with van der Waals surface area (Å²) in [5.41, 5.74) is 0. The number of carbonyl (C=O) groups is 1. The highest BCUT2D eigenvalue weighted by molar-refractivity contribution is 7.91. The van der Waals surface area contributed by atoms with Gasteiger partial charge in [-0.25, -0.2) is 13.4 Å². The van der Waals surface area contributed by atoms with E-state index in [0.29, 0.717) is 54.2 Å². The average Bonchev–Trinajstić information content (AvgIpc) is 3.35. The molecule has 0 atom stereocenters. The number of rotatable bonds is 7. The van der Waals surface area contributed by atoms with E-state index < -0.39 is 10.0 Å². The lowest BCUT2D eigenvalue weighted by atomic mass is 9.90. The Kier molecular flexibility index (Phi) is 7.24. The molecule has 4 rings (SSSR count). The molecule has 1 saturated carbocycles. The van der Waals surface area contributed by atoms with Crippen molar-refractivity contribution in [1.82, 2.24) is 9.29 Å². The number of anilines is 1. The van der Waals surface area contributed by atoms with Crippen molar-refractivity contribution in [2.24, 2.45) is 11.8 Å². The number of pyridine rings is 1. The Hall–Kier alpha value is -1.97. The maximum Gasteiger partial charge on any atom is 0.252 e. The van der Waals surface area contributed by atoms with Gasteiger partial charge in [0, 0.05) is 25.2 Å². The molecule has 0 spiro atoms. The van der Waals surface area contributed by atoms with Crippen molar-refractivity contribution < 1.29 is 17.9 Å². The predicted octanol–water partition coefficient (Wildman–Crippen LogP) is 4.14. The molecule has 0 unspecified atom stereocenters.